The Labute approximate surface area is 185 Å². The number of carbonyl (C=O) groups is 1. The number of carboxylic acid groups (broad SMARTS) is 1. The van der Waals surface area contributed by atoms with Crippen molar-refractivity contribution in [1.29, 1.82) is 0 Å². The number of fused-ring (bicyclic) bond motifs is 2. The highest BCUT2D eigenvalue weighted by molar-refractivity contribution is 6.31. The highest BCUT2D eigenvalue weighted by Gasteiger charge is 2.28. The fourth-order valence-corrected chi connectivity index (χ4v) is 4.43. The first kappa shape index (κ1) is 20.1. The second kappa shape index (κ2) is 7.38. The minimum Gasteiger partial charge on any atom is -0.477 e. The van der Waals surface area contributed by atoms with Gasteiger partial charge in [0.25, 0.3) is 5.56 Å². The van der Waals surface area contributed by atoms with Gasteiger partial charge in [0.2, 0.25) is 0 Å². The molecule has 2 N–H and O–H groups in total. The molecule has 1 unspecified atom stereocenters. The normalized spacial score (nSPS) is 15.8. The zero-order valence-electron chi connectivity index (χ0n) is 16.9. The fraction of sp³-hybridized carbons (Fsp3) is 0.182. The Morgan fingerprint density at radius 1 is 1.28 bits per heavy atom. The number of halogens is 1. The summed E-state index contributed by atoms with van der Waals surface area (Å²) in [4.78, 5) is 41.4. The third-order valence-electron chi connectivity index (χ3n) is 5.71. The lowest BCUT2D eigenvalue weighted by Gasteiger charge is -2.16. The van der Waals surface area contributed by atoms with Gasteiger partial charge in [-0.2, -0.15) is 5.10 Å². The molecular weight excluding hydrogens is 434 g/mol. The monoisotopic (exact) mass is 451 g/mol. The summed E-state index contributed by atoms with van der Waals surface area (Å²) in [7, 11) is 1.60. The maximum Gasteiger partial charge on any atom is 0.354 e. The van der Waals surface area contributed by atoms with E-state index in [2.05, 4.69) is 10.1 Å². The number of H-pyrrole nitrogens is 1. The zero-order valence-corrected chi connectivity index (χ0v) is 17.7. The number of aromatic nitrogens is 5. The van der Waals surface area contributed by atoms with Crippen LogP contribution < -0.4 is 11.2 Å². The average Bonchev–Trinajstić information content (AvgIpc) is 3.27. The first-order valence-corrected chi connectivity index (χ1v) is 10.3. The van der Waals surface area contributed by atoms with Crippen molar-refractivity contribution in [3.8, 4) is 5.69 Å². The topological polar surface area (TPSA) is 115 Å². The van der Waals surface area contributed by atoms with Crippen LogP contribution in [0.4, 0.5) is 0 Å². The number of aryl methyl sites for hydroxylation is 1. The Kier molecular flexibility index (Phi) is 4.63. The molecule has 4 aromatic rings. The van der Waals surface area contributed by atoms with E-state index in [1.54, 1.807) is 29.8 Å². The lowest BCUT2D eigenvalue weighted by molar-refractivity contribution is 0.0685. The number of nitrogens with one attached hydrogen (secondary N) is 1. The average molecular weight is 452 g/mol. The molecule has 5 rings (SSSR count). The van der Waals surface area contributed by atoms with Gasteiger partial charge >= 0.3 is 11.7 Å². The molecule has 0 bridgehead atoms. The smallest absolute Gasteiger partial charge is 0.354 e. The number of rotatable bonds is 4. The number of allylic oxidation sites excluding steroid dienone is 4. The van der Waals surface area contributed by atoms with Crippen LogP contribution in [-0.2, 0) is 13.6 Å². The Morgan fingerprint density at radius 3 is 2.81 bits per heavy atom. The van der Waals surface area contributed by atoms with Crippen molar-refractivity contribution < 1.29 is 9.90 Å². The summed E-state index contributed by atoms with van der Waals surface area (Å²) in [5.74, 6) is -1.19. The van der Waals surface area contributed by atoms with Crippen LogP contribution in [0.3, 0.4) is 0 Å². The van der Waals surface area contributed by atoms with Gasteiger partial charge in [-0.15, -0.1) is 0 Å². The lowest BCUT2D eigenvalue weighted by Crippen LogP contribution is -2.35. The van der Waals surface area contributed by atoms with Gasteiger partial charge < -0.3 is 9.67 Å². The standard InChI is InChI=1S/C22H18ClN5O4/c1-26-19-15(10-24-26)20(29)28(22(32)25-19)17-14-9-13(23)7-8-16(14)27(18(17)21(30)31)11-12-5-3-2-4-6-12/h2-5,7-10,12H,6,11H2,1H3,(H,25,32)(H,30,31). The number of aromatic carboxylic acids is 1. The molecule has 0 spiro atoms. The molecule has 1 aliphatic rings. The van der Waals surface area contributed by atoms with Gasteiger partial charge in [0.05, 0.1) is 17.4 Å². The van der Waals surface area contributed by atoms with Crippen molar-refractivity contribution in [1.82, 2.24) is 23.9 Å². The first-order chi connectivity index (χ1) is 15.4. The van der Waals surface area contributed by atoms with Gasteiger partial charge in [0.1, 0.15) is 11.0 Å². The van der Waals surface area contributed by atoms with Crippen LogP contribution in [0.1, 0.15) is 16.9 Å². The molecule has 0 saturated carbocycles. The van der Waals surface area contributed by atoms with Gasteiger partial charge in [-0.05, 0) is 30.5 Å². The van der Waals surface area contributed by atoms with E-state index in [1.165, 1.54) is 10.9 Å². The van der Waals surface area contributed by atoms with E-state index < -0.39 is 17.2 Å². The Bertz CT molecular complexity index is 1580. The molecule has 1 atom stereocenters. The summed E-state index contributed by atoms with van der Waals surface area (Å²) in [5.41, 5.74) is -0.744. The van der Waals surface area contributed by atoms with E-state index in [0.29, 0.717) is 22.5 Å². The number of benzene rings is 1. The van der Waals surface area contributed by atoms with E-state index in [-0.39, 0.29) is 28.3 Å². The molecule has 10 heteroatoms. The maximum absolute atomic E-state index is 13.3. The molecule has 3 aromatic heterocycles. The SMILES string of the molecule is Cn1ncc2c(=O)n(-c3c(C(=O)O)n(CC4C=CC=CC4)c4ccc(Cl)cc34)c(=O)[nH]c21. The Balaban J connectivity index is 1.88. The van der Waals surface area contributed by atoms with E-state index in [9.17, 15) is 19.5 Å². The third kappa shape index (κ3) is 3.01. The quantitative estimate of drug-likeness (QED) is 0.495. The summed E-state index contributed by atoms with van der Waals surface area (Å²) in [6.45, 7) is 0.363. The maximum atomic E-state index is 13.3. The number of carboxylic acids is 1. The lowest BCUT2D eigenvalue weighted by atomic mass is 10.0. The minimum absolute atomic E-state index is 0.0117. The van der Waals surface area contributed by atoms with Crippen LogP contribution in [0.25, 0.3) is 27.6 Å². The van der Waals surface area contributed by atoms with Crippen LogP contribution in [0.15, 0.2) is 58.3 Å². The number of hydrogen-bond donors (Lipinski definition) is 2. The molecule has 3 heterocycles. The first-order valence-electron chi connectivity index (χ1n) is 9.92. The molecule has 0 aliphatic heterocycles. The van der Waals surface area contributed by atoms with Gasteiger partial charge in [-0.25, -0.2) is 14.2 Å². The van der Waals surface area contributed by atoms with Crippen molar-refractivity contribution in [3.63, 3.8) is 0 Å². The van der Waals surface area contributed by atoms with Crippen LogP contribution >= 0.6 is 11.6 Å². The van der Waals surface area contributed by atoms with Crippen LogP contribution in [0.2, 0.25) is 5.02 Å². The second-order valence-electron chi connectivity index (χ2n) is 7.68. The van der Waals surface area contributed by atoms with Crippen LogP contribution in [-0.4, -0.2) is 35.0 Å². The van der Waals surface area contributed by atoms with Crippen molar-refractivity contribution >= 4 is 39.5 Å². The Morgan fingerprint density at radius 2 is 2.09 bits per heavy atom. The molecule has 1 aromatic carbocycles. The zero-order chi connectivity index (χ0) is 22.6. The van der Waals surface area contributed by atoms with Gasteiger partial charge in [0, 0.05) is 24.0 Å². The summed E-state index contributed by atoms with van der Waals surface area (Å²) >= 11 is 6.23. The van der Waals surface area contributed by atoms with Gasteiger partial charge in [-0.1, -0.05) is 35.9 Å². The molecular formula is C22H18ClN5O4. The third-order valence-corrected chi connectivity index (χ3v) is 5.95. The van der Waals surface area contributed by atoms with Crippen LogP contribution in [0.5, 0.6) is 0 Å². The van der Waals surface area contributed by atoms with E-state index in [4.69, 9.17) is 11.6 Å². The fourth-order valence-electron chi connectivity index (χ4n) is 4.26. The minimum atomic E-state index is -1.25. The summed E-state index contributed by atoms with van der Waals surface area (Å²) < 4.78 is 3.87. The van der Waals surface area contributed by atoms with E-state index in [1.807, 2.05) is 24.3 Å². The van der Waals surface area contributed by atoms with Crippen molar-refractivity contribution in [3.05, 3.63) is 80.3 Å². The predicted octanol–water partition coefficient (Wildman–Crippen LogP) is 2.85. The highest BCUT2D eigenvalue weighted by Crippen LogP contribution is 2.32. The summed E-state index contributed by atoms with van der Waals surface area (Å²) in [5, 5.41) is 15.1. The second-order valence-corrected chi connectivity index (χ2v) is 8.12. The molecule has 1 aliphatic carbocycles. The van der Waals surface area contributed by atoms with Crippen molar-refractivity contribution in [2.75, 3.05) is 0 Å². The summed E-state index contributed by atoms with van der Waals surface area (Å²) in [6, 6.07) is 4.94. The molecule has 0 saturated heterocycles. The molecule has 9 nitrogen and oxygen atoms in total. The Hall–Kier alpha value is -3.85. The molecule has 162 valence electrons. The number of aromatic amines is 1. The molecule has 32 heavy (non-hydrogen) atoms. The van der Waals surface area contributed by atoms with Crippen LogP contribution in [0, 0.1) is 5.92 Å². The number of nitrogens with zero attached hydrogens (tertiary/aromatic N) is 4. The molecule has 0 fully saturated rings. The predicted molar refractivity (Wildman–Crippen MR) is 121 cm³/mol. The largest absolute Gasteiger partial charge is 0.477 e. The highest BCUT2D eigenvalue weighted by atomic mass is 35.5. The van der Waals surface area contributed by atoms with Gasteiger partial charge in [0.15, 0.2) is 5.69 Å². The van der Waals surface area contributed by atoms with Crippen molar-refractivity contribution in [2.24, 2.45) is 13.0 Å². The van der Waals surface area contributed by atoms with E-state index in [0.717, 1.165) is 11.0 Å². The molecule has 0 radical (unpaired) electrons. The molecule has 0 amide bonds. The van der Waals surface area contributed by atoms with Gasteiger partial charge in [-0.3, -0.25) is 14.5 Å². The van der Waals surface area contributed by atoms with E-state index >= 15 is 0 Å². The summed E-state index contributed by atoms with van der Waals surface area (Å²) in [6.07, 6.45) is 9.98. The van der Waals surface area contributed by atoms with Crippen molar-refractivity contribution in [2.45, 2.75) is 13.0 Å². The number of hydrogen-bond acceptors (Lipinski definition) is 4.